The molecule has 0 radical (unpaired) electrons. The van der Waals surface area contributed by atoms with Crippen molar-refractivity contribution in [2.75, 3.05) is 19.8 Å². The summed E-state index contributed by atoms with van der Waals surface area (Å²) in [5.41, 5.74) is 1.73. The van der Waals surface area contributed by atoms with Crippen LogP contribution in [0.3, 0.4) is 0 Å². The summed E-state index contributed by atoms with van der Waals surface area (Å²) in [5, 5.41) is 12.3. The number of rotatable bonds is 10. The van der Waals surface area contributed by atoms with E-state index < -0.39 is 11.5 Å². The highest BCUT2D eigenvalue weighted by molar-refractivity contribution is 6.01. The Hall–Kier alpha value is -3.96. The second-order valence-corrected chi connectivity index (χ2v) is 7.60. The van der Waals surface area contributed by atoms with E-state index in [1.54, 1.807) is 24.4 Å². The summed E-state index contributed by atoms with van der Waals surface area (Å²) in [7, 11) is 0. The Bertz CT molecular complexity index is 1290. The van der Waals surface area contributed by atoms with Gasteiger partial charge in [-0.05, 0) is 62.1 Å². The highest BCUT2D eigenvalue weighted by atomic mass is 16.5. The van der Waals surface area contributed by atoms with Gasteiger partial charge in [0.1, 0.15) is 28.6 Å². The average Bonchev–Trinajstić information content (AvgIpc) is 2.85. The van der Waals surface area contributed by atoms with Gasteiger partial charge < -0.3 is 14.8 Å². The number of aryl methyl sites for hydroxylation is 2. The molecule has 34 heavy (non-hydrogen) atoms. The van der Waals surface area contributed by atoms with Crippen LogP contribution < -0.4 is 15.6 Å². The van der Waals surface area contributed by atoms with Gasteiger partial charge in [-0.15, -0.1) is 0 Å². The summed E-state index contributed by atoms with van der Waals surface area (Å²) >= 11 is 0. The predicted molar refractivity (Wildman–Crippen MR) is 130 cm³/mol. The van der Waals surface area contributed by atoms with Crippen LogP contribution in [-0.4, -0.2) is 35.1 Å². The molecule has 1 N–H and O–H groups in total. The molecule has 3 aromatic rings. The van der Waals surface area contributed by atoms with Gasteiger partial charge in [0.15, 0.2) is 0 Å². The number of hydrogen-bond acceptors (Lipinski definition) is 6. The van der Waals surface area contributed by atoms with Gasteiger partial charge >= 0.3 is 0 Å². The number of carbonyl (C=O) groups is 1. The third kappa shape index (κ3) is 5.88. The van der Waals surface area contributed by atoms with E-state index in [9.17, 15) is 14.9 Å². The fraction of sp³-hybridized carbons (Fsp3) is 0.308. The highest BCUT2D eigenvalue weighted by Gasteiger charge is 2.18. The molecule has 0 saturated carbocycles. The average molecular weight is 461 g/mol. The van der Waals surface area contributed by atoms with Gasteiger partial charge in [-0.25, -0.2) is 0 Å². The quantitative estimate of drug-likeness (QED) is 0.280. The molecule has 176 valence electrons. The number of ether oxygens (including phenoxy) is 2. The lowest BCUT2D eigenvalue weighted by atomic mass is 10.1. The standard InChI is InChI=1S/C26H28N4O4/c1-4-19-9-11-21(12-10-19)34-25-22(26(32)30-14-6-8-18(3)23(30)29-25)16-20(17-27)24(31)28-13-7-15-33-5-2/h6,8-12,14,16H,4-5,7,13,15H2,1-3H3,(H,28,31). The zero-order valence-corrected chi connectivity index (χ0v) is 19.6. The Kier molecular flexibility index (Phi) is 8.54. The Labute approximate surface area is 198 Å². The maximum absolute atomic E-state index is 13.3. The molecule has 2 heterocycles. The molecule has 0 spiro atoms. The monoisotopic (exact) mass is 460 g/mol. The predicted octanol–water partition coefficient (Wildman–Crippen LogP) is 3.81. The molecule has 0 aliphatic heterocycles. The number of hydrogen-bond donors (Lipinski definition) is 1. The maximum atomic E-state index is 13.3. The smallest absolute Gasteiger partial charge is 0.269 e. The number of fused-ring (bicyclic) bond motifs is 1. The zero-order chi connectivity index (χ0) is 24.5. The third-order valence-electron chi connectivity index (χ3n) is 5.20. The normalized spacial score (nSPS) is 11.3. The van der Waals surface area contributed by atoms with E-state index in [2.05, 4.69) is 17.2 Å². The minimum atomic E-state index is -0.578. The molecule has 1 amide bonds. The number of amides is 1. The number of carbonyl (C=O) groups excluding carboxylic acids is 1. The van der Waals surface area contributed by atoms with Gasteiger partial charge in [-0.2, -0.15) is 10.2 Å². The molecule has 0 unspecified atom stereocenters. The highest BCUT2D eigenvalue weighted by Crippen LogP contribution is 2.25. The van der Waals surface area contributed by atoms with Crippen LogP contribution in [0.4, 0.5) is 0 Å². The largest absolute Gasteiger partial charge is 0.438 e. The van der Waals surface area contributed by atoms with Gasteiger partial charge in [0.2, 0.25) is 5.88 Å². The number of pyridine rings is 1. The van der Waals surface area contributed by atoms with E-state index in [4.69, 9.17) is 9.47 Å². The van der Waals surface area contributed by atoms with Crippen molar-refractivity contribution in [3.05, 3.63) is 75.2 Å². The summed E-state index contributed by atoms with van der Waals surface area (Å²) in [6, 6.07) is 12.9. The summed E-state index contributed by atoms with van der Waals surface area (Å²) < 4.78 is 12.6. The molecule has 8 nitrogen and oxygen atoms in total. The van der Waals surface area contributed by atoms with E-state index in [0.29, 0.717) is 37.6 Å². The molecule has 1 aromatic carbocycles. The Morgan fingerprint density at radius 1 is 1.24 bits per heavy atom. The van der Waals surface area contributed by atoms with Gasteiger partial charge in [0.05, 0.1) is 0 Å². The lowest BCUT2D eigenvalue weighted by Crippen LogP contribution is -2.27. The SMILES string of the molecule is CCOCCCNC(=O)C(C#N)=Cc1c(Oc2ccc(CC)cc2)nc2c(C)cccn2c1=O. The molecule has 0 bridgehead atoms. The molecule has 0 aliphatic carbocycles. The maximum Gasteiger partial charge on any atom is 0.269 e. The van der Waals surface area contributed by atoms with Crippen molar-refractivity contribution in [1.29, 1.82) is 5.26 Å². The Morgan fingerprint density at radius 3 is 2.68 bits per heavy atom. The lowest BCUT2D eigenvalue weighted by Gasteiger charge is -2.12. The van der Waals surface area contributed by atoms with Crippen molar-refractivity contribution >= 4 is 17.6 Å². The molecule has 8 heteroatoms. The van der Waals surface area contributed by atoms with Crippen LogP contribution in [0, 0.1) is 18.3 Å². The molecule has 0 atom stereocenters. The van der Waals surface area contributed by atoms with E-state index in [0.717, 1.165) is 17.5 Å². The van der Waals surface area contributed by atoms with Crippen LogP contribution in [-0.2, 0) is 16.0 Å². The topological polar surface area (TPSA) is 106 Å². The molecule has 0 fully saturated rings. The van der Waals surface area contributed by atoms with E-state index in [-0.39, 0.29) is 17.0 Å². The molecule has 0 saturated heterocycles. The van der Waals surface area contributed by atoms with Crippen LogP contribution in [0.15, 0.2) is 53.0 Å². The summed E-state index contributed by atoms with van der Waals surface area (Å²) in [5.74, 6) is -0.0537. The van der Waals surface area contributed by atoms with Crippen molar-refractivity contribution in [2.45, 2.75) is 33.6 Å². The number of nitrogens with one attached hydrogen (secondary N) is 1. The third-order valence-corrected chi connectivity index (χ3v) is 5.20. The molecular weight excluding hydrogens is 432 g/mol. The minimum absolute atomic E-state index is 0.0173. The van der Waals surface area contributed by atoms with Crippen molar-refractivity contribution in [1.82, 2.24) is 14.7 Å². The van der Waals surface area contributed by atoms with Gasteiger partial charge in [0, 0.05) is 26.0 Å². The first kappa shape index (κ1) is 24.7. The van der Waals surface area contributed by atoms with Crippen molar-refractivity contribution in [3.8, 4) is 17.7 Å². The summed E-state index contributed by atoms with van der Waals surface area (Å²) in [6.45, 7) is 7.24. The number of nitrogens with zero attached hydrogens (tertiary/aromatic N) is 3. The number of nitriles is 1. The van der Waals surface area contributed by atoms with Crippen molar-refractivity contribution in [2.24, 2.45) is 0 Å². The van der Waals surface area contributed by atoms with Crippen LogP contribution >= 0.6 is 0 Å². The first-order valence-corrected chi connectivity index (χ1v) is 11.2. The van der Waals surface area contributed by atoms with Gasteiger partial charge in [-0.3, -0.25) is 14.0 Å². The van der Waals surface area contributed by atoms with Crippen LogP contribution in [0.5, 0.6) is 11.6 Å². The first-order valence-electron chi connectivity index (χ1n) is 11.2. The van der Waals surface area contributed by atoms with Crippen molar-refractivity contribution < 1.29 is 14.3 Å². The van der Waals surface area contributed by atoms with Crippen LogP contribution in [0.25, 0.3) is 11.7 Å². The Morgan fingerprint density at radius 2 is 2.00 bits per heavy atom. The fourth-order valence-corrected chi connectivity index (χ4v) is 3.31. The molecular formula is C26H28N4O4. The minimum Gasteiger partial charge on any atom is -0.438 e. The Balaban J connectivity index is 2.02. The van der Waals surface area contributed by atoms with E-state index >= 15 is 0 Å². The molecule has 3 rings (SSSR count). The molecule has 0 aliphatic rings. The van der Waals surface area contributed by atoms with Gasteiger partial charge in [-0.1, -0.05) is 25.1 Å². The van der Waals surface area contributed by atoms with Crippen LogP contribution in [0.2, 0.25) is 0 Å². The second-order valence-electron chi connectivity index (χ2n) is 7.60. The second kappa shape index (κ2) is 11.8. The van der Waals surface area contributed by atoms with Gasteiger partial charge in [0.25, 0.3) is 11.5 Å². The van der Waals surface area contributed by atoms with Crippen LogP contribution in [0.1, 0.15) is 37.0 Å². The van der Waals surface area contributed by atoms with Crippen molar-refractivity contribution in [3.63, 3.8) is 0 Å². The fourth-order valence-electron chi connectivity index (χ4n) is 3.31. The molecule has 2 aromatic heterocycles. The summed E-state index contributed by atoms with van der Waals surface area (Å²) in [6.07, 6.45) is 4.32. The summed E-state index contributed by atoms with van der Waals surface area (Å²) in [4.78, 5) is 30.5. The van der Waals surface area contributed by atoms with E-state index in [1.807, 2.05) is 38.1 Å². The zero-order valence-electron chi connectivity index (χ0n) is 19.6. The number of benzene rings is 1. The van der Waals surface area contributed by atoms with E-state index in [1.165, 1.54) is 10.5 Å². The number of aromatic nitrogens is 2. The first-order chi connectivity index (χ1) is 16.5. The lowest BCUT2D eigenvalue weighted by molar-refractivity contribution is -0.117.